The minimum absolute atomic E-state index is 0.182. The van der Waals surface area contributed by atoms with Gasteiger partial charge in [0.05, 0.1) is 6.54 Å². The molecule has 0 radical (unpaired) electrons. The summed E-state index contributed by atoms with van der Waals surface area (Å²) in [6.45, 7) is 2.42. The van der Waals surface area contributed by atoms with Crippen molar-refractivity contribution in [2.45, 2.75) is 64.2 Å². The molecule has 3 heteroatoms. The molecule has 0 heterocycles. The van der Waals surface area contributed by atoms with Gasteiger partial charge in [-0.15, -0.1) is 0 Å². The third-order valence-corrected chi connectivity index (χ3v) is 4.76. The fourth-order valence-electron chi connectivity index (χ4n) is 3.49. The lowest BCUT2D eigenvalue weighted by atomic mass is 9.89. The number of amides is 1. The molecule has 2 aliphatic rings. The van der Waals surface area contributed by atoms with Crippen LogP contribution in [-0.4, -0.2) is 25.5 Å². The first-order valence-electron chi connectivity index (χ1n) is 8.32. The van der Waals surface area contributed by atoms with Crippen molar-refractivity contribution in [2.24, 2.45) is 11.8 Å². The van der Waals surface area contributed by atoms with Crippen LogP contribution in [0.25, 0.3) is 0 Å². The smallest absolute Gasteiger partial charge is 0.233 e. The van der Waals surface area contributed by atoms with Crippen LogP contribution in [-0.2, 0) is 4.79 Å². The molecule has 0 aromatic carbocycles. The Kier molecular flexibility index (Phi) is 6.69. The number of rotatable bonds is 6. The molecular formula is C16H30N2O. The molecule has 3 nitrogen and oxygen atoms in total. The van der Waals surface area contributed by atoms with Crippen LogP contribution in [0.15, 0.2) is 0 Å². The van der Waals surface area contributed by atoms with Gasteiger partial charge in [-0.2, -0.15) is 0 Å². The summed E-state index contributed by atoms with van der Waals surface area (Å²) in [6.07, 6.45) is 13.5. The van der Waals surface area contributed by atoms with Crippen LogP contribution in [0, 0.1) is 11.8 Å². The summed E-state index contributed by atoms with van der Waals surface area (Å²) in [4.78, 5) is 11.8. The fourth-order valence-corrected chi connectivity index (χ4v) is 3.49. The number of carbonyl (C=O) groups excluding carboxylic acids is 1. The van der Waals surface area contributed by atoms with E-state index < -0.39 is 0 Å². The number of hydrogen-bond donors (Lipinski definition) is 2. The molecule has 0 aliphatic heterocycles. The minimum atomic E-state index is 0.182. The maximum atomic E-state index is 11.8. The Balaban J connectivity index is 1.49. The Morgan fingerprint density at radius 1 is 0.789 bits per heavy atom. The molecule has 0 saturated heterocycles. The summed E-state index contributed by atoms with van der Waals surface area (Å²) in [6, 6.07) is 0. The Labute approximate surface area is 117 Å². The van der Waals surface area contributed by atoms with Crippen LogP contribution in [0.4, 0.5) is 0 Å². The Morgan fingerprint density at radius 2 is 1.32 bits per heavy atom. The summed E-state index contributed by atoms with van der Waals surface area (Å²) in [7, 11) is 0. The van der Waals surface area contributed by atoms with Crippen LogP contribution in [0.2, 0.25) is 0 Å². The quantitative estimate of drug-likeness (QED) is 0.776. The average Bonchev–Trinajstić information content (AvgIpc) is 2.47. The van der Waals surface area contributed by atoms with Crippen LogP contribution >= 0.6 is 0 Å². The molecule has 0 aromatic heterocycles. The maximum absolute atomic E-state index is 11.8. The fraction of sp³-hybridized carbons (Fsp3) is 0.938. The molecule has 2 aliphatic carbocycles. The first-order valence-corrected chi connectivity index (χ1v) is 8.32. The van der Waals surface area contributed by atoms with Crippen LogP contribution in [0.5, 0.6) is 0 Å². The summed E-state index contributed by atoms with van der Waals surface area (Å²) in [5.74, 6) is 1.72. The van der Waals surface area contributed by atoms with E-state index >= 15 is 0 Å². The first kappa shape index (κ1) is 14.8. The lowest BCUT2D eigenvalue weighted by Crippen LogP contribution is -2.38. The Hall–Kier alpha value is -0.570. The standard InChI is InChI=1S/C16H30N2O/c19-16(18-12-15-9-5-2-6-10-15)13-17-11-14-7-3-1-4-8-14/h14-15,17H,1-13H2,(H,18,19). The number of carbonyl (C=O) groups is 1. The number of hydrogen-bond acceptors (Lipinski definition) is 2. The highest BCUT2D eigenvalue weighted by Gasteiger charge is 2.15. The minimum Gasteiger partial charge on any atom is -0.355 e. The van der Waals surface area contributed by atoms with Crippen molar-refractivity contribution in [1.82, 2.24) is 10.6 Å². The van der Waals surface area contributed by atoms with Gasteiger partial charge in [0.25, 0.3) is 0 Å². The Bertz CT molecular complexity index is 255. The SMILES string of the molecule is O=C(CNCC1CCCCC1)NCC1CCCCC1. The van der Waals surface area contributed by atoms with Crippen molar-refractivity contribution in [3.63, 3.8) is 0 Å². The van der Waals surface area contributed by atoms with Crippen molar-refractivity contribution in [2.75, 3.05) is 19.6 Å². The molecule has 0 spiro atoms. The molecule has 0 aromatic rings. The van der Waals surface area contributed by atoms with Gasteiger partial charge in [-0.05, 0) is 44.1 Å². The van der Waals surface area contributed by atoms with E-state index in [0.29, 0.717) is 6.54 Å². The van der Waals surface area contributed by atoms with Crippen molar-refractivity contribution < 1.29 is 4.79 Å². The van der Waals surface area contributed by atoms with Gasteiger partial charge in [0, 0.05) is 6.54 Å². The number of nitrogens with one attached hydrogen (secondary N) is 2. The molecule has 0 bridgehead atoms. The molecular weight excluding hydrogens is 236 g/mol. The van der Waals surface area contributed by atoms with E-state index in [2.05, 4.69) is 10.6 Å². The molecule has 1 amide bonds. The van der Waals surface area contributed by atoms with E-state index in [0.717, 1.165) is 24.9 Å². The van der Waals surface area contributed by atoms with Gasteiger partial charge >= 0.3 is 0 Å². The third-order valence-electron chi connectivity index (χ3n) is 4.76. The predicted octanol–water partition coefficient (Wildman–Crippen LogP) is 2.85. The summed E-state index contributed by atoms with van der Waals surface area (Å²) < 4.78 is 0. The molecule has 2 fully saturated rings. The second-order valence-corrected chi connectivity index (χ2v) is 6.44. The van der Waals surface area contributed by atoms with E-state index in [1.807, 2.05) is 0 Å². The van der Waals surface area contributed by atoms with Gasteiger partial charge in [-0.3, -0.25) is 4.79 Å². The van der Waals surface area contributed by atoms with E-state index in [4.69, 9.17) is 0 Å². The topological polar surface area (TPSA) is 41.1 Å². The molecule has 2 rings (SSSR count). The lowest BCUT2D eigenvalue weighted by molar-refractivity contribution is -0.120. The predicted molar refractivity (Wildman–Crippen MR) is 79.0 cm³/mol. The lowest BCUT2D eigenvalue weighted by Gasteiger charge is -2.23. The van der Waals surface area contributed by atoms with Crippen molar-refractivity contribution in [1.29, 1.82) is 0 Å². The molecule has 19 heavy (non-hydrogen) atoms. The van der Waals surface area contributed by atoms with Crippen molar-refractivity contribution >= 4 is 5.91 Å². The summed E-state index contributed by atoms with van der Waals surface area (Å²) >= 11 is 0. The molecule has 0 atom stereocenters. The van der Waals surface area contributed by atoms with Gasteiger partial charge in [0.2, 0.25) is 5.91 Å². The van der Waals surface area contributed by atoms with Crippen LogP contribution in [0.3, 0.4) is 0 Å². The third kappa shape index (κ3) is 5.94. The van der Waals surface area contributed by atoms with Crippen molar-refractivity contribution in [3.8, 4) is 0 Å². The van der Waals surface area contributed by atoms with Gasteiger partial charge in [-0.25, -0.2) is 0 Å². The maximum Gasteiger partial charge on any atom is 0.233 e. The highest BCUT2D eigenvalue weighted by Crippen LogP contribution is 2.23. The zero-order valence-corrected chi connectivity index (χ0v) is 12.3. The highest BCUT2D eigenvalue weighted by molar-refractivity contribution is 5.77. The van der Waals surface area contributed by atoms with E-state index in [-0.39, 0.29) is 5.91 Å². The largest absolute Gasteiger partial charge is 0.355 e. The Morgan fingerprint density at radius 3 is 1.89 bits per heavy atom. The molecule has 2 N–H and O–H groups in total. The zero-order chi connectivity index (χ0) is 13.3. The van der Waals surface area contributed by atoms with Crippen molar-refractivity contribution in [3.05, 3.63) is 0 Å². The second-order valence-electron chi connectivity index (χ2n) is 6.44. The van der Waals surface area contributed by atoms with Gasteiger partial charge in [0.15, 0.2) is 0 Å². The van der Waals surface area contributed by atoms with Crippen LogP contribution in [0.1, 0.15) is 64.2 Å². The van der Waals surface area contributed by atoms with Gasteiger partial charge < -0.3 is 10.6 Å². The monoisotopic (exact) mass is 266 g/mol. The summed E-state index contributed by atoms with van der Waals surface area (Å²) in [5, 5.41) is 6.42. The van der Waals surface area contributed by atoms with E-state index in [1.165, 1.54) is 64.2 Å². The normalized spacial score (nSPS) is 22.3. The average molecular weight is 266 g/mol. The van der Waals surface area contributed by atoms with E-state index in [9.17, 15) is 4.79 Å². The molecule has 110 valence electrons. The highest BCUT2D eigenvalue weighted by atomic mass is 16.1. The zero-order valence-electron chi connectivity index (χ0n) is 12.3. The molecule has 0 unspecified atom stereocenters. The molecule has 2 saturated carbocycles. The first-order chi connectivity index (χ1) is 9.34. The van der Waals surface area contributed by atoms with Crippen LogP contribution < -0.4 is 10.6 Å². The van der Waals surface area contributed by atoms with Gasteiger partial charge in [-0.1, -0.05) is 38.5 Å². The summed E-state index contributed by atoms with van der Waals surface area (Å²) in [5.41, 5.74) is 0. The second kappa shape index (κ2) is 8.57. The van der Waals surface area contributed by atoms with E-state index in [1.54, 1.807) is 0 Å². The van der Waals surface area contributed by atoms with Gasteiger partial charge in [0.1, 0.15) is 0 Å².